The number of nitrogens with zero attached hydrogens (tertiary/aromatic N) is 2. The van der Waals surface area contributed by atoms with Crippen LogP contribution in [-0.2, 0) is 33.6 Å². The quantitative estimate of drug-likeness (QED) is 0.533. The van der Waals surface area contributed by atoms with Gasteiger partial charge in [0.2, 0.25) is 27.7 Å². The minimum absolute atomic E-state index is 0.0234. The van der Waals surface area contributed by atoms with Crippen LogP contribution in [0.2, 0.25) is 0 Å². The second-order valence-electron chi connectivity index (χ2n) is 6.67. The fraction of sp³-hybridized carbons (Fsp3) is 0.368. The van der Waals surface area contributed by atoms with E-state index in [0.29, 0.717) is 6.26 Å². The Balaban J connectivity index is 2.45. The summed E-state index contributed by atoms with van der Waals surface area (Å²) in [7, 11) is -1.92. The van der Waals surface area contributed by atoms with E-state index >= 15 is 0 Å². The molecule has 0 aliphatic carbocycles. The fourth-order valence-electron chi connectivity index (χ4n) is 2.93. The number of halogens is 6. The van der Waals surface area contributed by atoms with Crippen molar-refractivity contribution in [1.29, 1.82) is 0 Å². The molecule has 0 atom stereocenters. The molecule has 0 spiro atoms. The lowest BCUT2D eigenvalue weighted by molar-refractivity contribution is -0.141. The number of hydrogen-bond acceptors (Lipinski definition) is 6. The molecule has 33 heavy (non-hydrogen) atoms. The zero-order chi connectivity index (χ0) is 25.2. The van der Waals surface area contributed by atoms with Gasteiger partial charge in [0.25, 0.3) is 0 Å². The first-order chi connectivity index (χ1) is 15.1. The Labute approximate surface area is 185 Å². The Kier molecular flexibility index (Phi) is 7.51. The lowest BCUT2D eigenvalue weighted by atomic mass is 9.99. The number of methoxy groups -OCH3 is 2. The predicted molar refractivity (Wildman–Crippen MR) is 104 cm³/mol. The highest BCUT2D eigenvalue weighted by atomic mass is 32.2. The average Bonchev–Trinajstić information content (AvgIpc) is 2.70. The molecule has 0 saturated heterocycles. The summed E-state index contributed by atoms with van der Waals surface area (Å²) in [6.45, 7) is 0. The summed E-state index contributed by atoms with van der Waals surface area (Å²) in [5.41, 5.74) is -3.85. The normalized spacial score (nSPS) is 12.4. The summed E-state index contributed by atoms with van der Waals surface area (Å²) in [6.07, 6.45) is -10.9. The van der Waals surface area contributed by atoms with Crippen LogP contribution in [0.25, 0.3) is 0 Å². The zero-order valence-electron chi connectivity index (χ0n) is 17.4. The minimum atomic E-state index is -4.98. The number of hydrogen-bond donors (Lipinski definition) is 0. The van der Waals surface area contributed by atoms with Crippen LogP contribution in [0, 0.1) is 0 Å². The van der Waals surface area contributed by atoms with Gasteiger partial charge in [0.05, 0.1) is 31.6 Å². The molecule has 2 rings (SSSR count). The fourth-order valence-corrected chi connectivity index (χ4v) is 3.89. The summed E-state index contributed by atoms with van der Waals surface area (Å²) < 4.78 is 113. The van der Waals surface area contributed by atoms with E-state index in [1.54, 1.807) is 0 Å². The van der Waals surface area contributed by atoms with Crippen LogP contribution >= 0.6 is 0 Å². The number of pyridine rings is 1. The van der Waals surface area contributed by atoms with E-state index < -0.39 is 57.8 Å². The molecule has 0 bridgehead atoms. The minimum Gasteiger partial charge on any atom is -0.481 e. The maximum Gasteiger partial charge on any atom is 0.416 e. The lowest BCUT2D eigenvalue weighted by Crippen LogP contribution is -2.36. The molecular formula is C19H18F6N2O5S. The van der Waals surface area contributed by atoms with Crippen LogP contribution in [-0.4, -0.2) is 39.8 Å². The molecule has 182 valence electrons. The van der Waals surface area contributed by atoms with Gasteiger partial charge in [0.1, 0.15) is 5.69 Å². The third-order valence-electron chi connectivity index (χ3n) is 4.34. The smallest absolute Gasteiger partial charge is 0.416 e. The molecule has 14 heteroatoms. The Hall–Kier alpha value is -3.03. The van der Waals surface area contributed by atoms with Gasteiger partial charge in [-0.05, 0) is 36.2 Å². The number of alkyl halides is 6. The van der Waals surface area contributed by atoms with Crippen LogP contribution in [0.5, 0.6) is 11.8 Å². The molecule has 0 N–H and O–H groups in total. The van der Waals surface area contributed by atoms with Crippen molar-refractivity contribution in [1.82, 2.24) is 4.98 Å². The van der Waals surface area contributed by atoms with Gasteiger partial charge in [-0.25, -0.2) is 12.7 Å². The SMILES string of the molecule is COc1ccc(N(C(=O)CCc2cc(C(F)(F)F)ccc2C(F)(F)F)S(C)(=O)=O)c(OC)n1. The Morgan fingerprint density at radius 3 is 2.12 bits per heavy atom. The van der Waals surface area contributed by atoms with E-state index in [0.717, 1.165) is 13.2 Å². The number of anilines is 1. The second-order valence-corrected chi connectivity index (χ2v) is 8.50. The first-order valence-corrected chi connectivity index (χ1v) is 10.8. The number of amides is 1. The number of ether oxygens (including phenoxy) is 2. The lowest BCUT2D eigenvalue weighted by Gasteiger charge is -2.22. The topological polar surface area (TPSA) is 85.8 Å². The van der Waals surface area contributed by atoms with Crippen LogP contribution < -0.4 is 13.8 Å². The largest absolute Gasteiger partial charge is 0.481 e. The van der Waals surface area contributed by atoms with Crippen molar-refractivity contribution in [3.63, 3.8) is 0 Å². The zero-order valence-corrected chi connectivity index (χ0v) is 18.2. The van der Waals surface area contributed by atoms with Crippen LogP contribution in [0.1, 0.15) is 23.1 Å². The van der Waals surface area contributed by atoms with Crippen LogP contribution in [0.3, 0.4) is 0 Å². The summed E-state index contributed by atoms with van der Waals surface area (Å²) in [5.74, 6) is -1.51. The van der Waals surface area contributed by atoms with E-state index in [1.165, 1.54) is 13.2 Å². The highest BCUT2D eigenvalue weighted by Crippen LogP contribution is 2.37. The molecule has 7 nitrogen and oxygen atoms in total. The van der Waals surface area contributed by atoms with Crippen molar-refractivity contribution < 1.29 is 49.0 Å². The van der Waals surface area contributed by atoms with Crippen molar-refractivity contribution >= 4 is 21.6 Å². The summed E-state index contributed by atoms with van der Waals surface area (Å²) in [4.78, 5) is 16.6. The van der Waals surface area contributed by atoms with Gasteiger partial charge in [-0.1, -0.05) is 0 Å². The van der Waals surface area contributed by atoms with E-state index in [4.69, 9.17) is 9.47 Å². The Bertz CT molecular complexity index is 1130. The van der Waals surface area contributed by atoms with E-state index in [9.17, 15) is 39.6 Å². The molecule has 0 aliphatic rings. The number of aryl methyl sites for hydroxylation is 1. The molecule has 1 heterocycles. The molecule has 1 aromatic carbocycles. The number of carbonyl (C=O) groups is 1. The van der Waals surface area contributed by atoms with Gasteiger partial charge in [0.15, 0.2) is 0 Å². The second kappa shape index (κ2) is 9.45. The predicted octanol–water partition coefficient (Wildman–Crippen LogP) is 4.06. The van der Waals surface area contributed by atoms with Crippen molar-refractivity contribution in [2.24, 2.45) is 0 Å². The molecule has 0 radical (unpaired) electrons. The molecule has 0 fully saturated rings. The molecular weight excluding hydrogens is 482 g/mol. The van der Waals surface area contributed by atoms with Gasteiger partial charge in [-0.2, -0.15) is 31.3 Å². The standard InChI is InChI=1S/C19H18F6N2O5S/c1-31-15-8-7-14(17(26-15)32-2)27(33(3,29)30)16(28)9-4-11-10-12(18(20,21)22)5-6-13(11)19(23,24)25/h5-8,10H,4,9H2,1-3H3. The van der Waals surface area contributed by atoms with Crippen molar-refractivity contribution in [2.45, 2.75) is 25.2 Å². The maximum absolute atomic E-state index is 13.3. The van der Waals surface area contributed by atoms with E-state index in [1.807, 2.05) is 0 Å². The highest BCUT2D eigenvalue weighted by Gasteiger charge is 2.37. The number of benzene rings is 1. The maximum atomic E-state index is 13.3. The van der Waals surface area contributed by atoms with Gasteiger partial charge in [-0.15, -0.1) is 0 Å². The molecule has 1 aromatic heterocycles. The van der Waals surface area contributed by atoms with E-state index in [-0.39, 0.29) is 40.0 Å². The average molecular weight is 500 g/mol. The van der Waals surface area contributed by atoms with Crippen LogP contribution in [0.4, 0.5) is 32.0 Å². The summed E-state index contributed by atoms with van der Waals surface area (Å²) in [6, 6.07) is 3.20. The molecule has 0 saturated carbocycles. The number of carbonyl (C=O) groups excluding carboxylic acids is 1. The third-order valence-corrected chi connectivity index (χ3v) is 5.40. The van der Waals surface area contributed by atoms with Gasteiger partial charge >= 0.3 is 12.4 Å². The monoisotopic (exact) mass is 500 g/mol. The Morgan fingerprint density at radius 2 is 1.64 bits per heavy atom. The molecule has 0 unspecified atom stereocenters. The van der Waals surface area contributed by atoms with Crippen molar-refractivity contribution in [2.75, 3.05) is 24.8 Å². The third kappa shape index (κ3) is 6.27. The number of sulfonamides is 1. The molecule has 1 amide bonds. The van der Waals surface area contributed by atoms with E-state index in [2.05, 4.69) is 4.98 Å². The van der Waals surface area contributed by atoms with Gasteiger partial charge in [-0.3, -0.25) is 4.79 Å². The Morgan fingerprint density at radius 1 is 1.00 bits per heavy atom. The first kappa shape index (κ1) is 26.2. The first-order valence-electron chi connectivity index (χ1n) is 8.99. The molecule has 2 aromatic rings. The van der Waals surface area contributed by atoms with Crippen molar-refractivity contribution in [3.05, 3.63) is 47.0 Å². The van der Waals surface area contributed by atoms with Crippen LogP contribution in [0.15, 0.2) is 30.3 Å². The van der Waals surface area contributed by atoms with Gasteiger partial charge in [0, 0.05) is 12.5 Å². The molecule has 0 aliphatic heterocycles. The van der Waals surface area contributed by atoms with Crippen molar-refractivity contribution in [3.8, 4) is 11.8 Å². The number of aromatic nitrogens is 1. The number of rotatable bonds is 7. The summed E-state index contributed by atoms with van der Waals surface area (Å²) in [5, 5.41) is 0. The highest BCUT2D eigenvalue weighted by molar-refractivity contribution is 7.92. The summed E-state index contributed by atoms with van der Waals surface area (Å²) >= 11 is 0. The van der Waals surface area contributed by atoms with Gasteiger partial charge < -0.3 is 9.47 Å².